The van der Waals surface area contributed by atoms with Crippen LogP contribution in [0.4, 0.5) is 5.69 Å². The van der Waals surface area contributed by atoms with Crippen LogP contribution in [0.5, 0.6) is 0 Å². The molecule has 2 aromatic heterocycles. The van der Waals surface area contributed by atoms with Crippen LogP contribution >= 0.6 is 0 Å². The minimum atomic E-state index is -3.99. The van der Waals surface area contributed by atoms with Crippen molar-refractivity contribution in [3.05, 3.63) is 35.6 Å². The van der Waals surface area contributed by atoms with Crippen molar-refractivity contribution < 1.29 is 22.4 Å². The SMILES string of the molecule is COC(=O)c1cc(S(=O)(=O)Nc2ccc3n[nH]nc3c2)oc1C. The second-order valence-corrected chi connectivity index (χ2v) is 6.27. The predicted molar refractivity (Wildman–Crippen MR) is 79.5 cm³/mol. The Labute approximate surface area is 130 Å². The zero-order valence-electron chi connectivity index (χ0n) is 12.2. The van der Waals surface area contributed by atoms with Crippen molar-refractivity contribution in [2.45, 2.75) is 12.0 Å². The molecule has 0 spiro atoms. The van der Waals surface area contributed by atoms with Crippen LogP contribution in [-0.2, 0) is 14.8 Å². The summed E-state index contributed by atoms with van der Waals surface area (Å²) in [6.07, 6.45) is 0. The van der Waals surface area contributed by atoms with Gasteiger partial charge in [0.15, 0.2) is 0 Å². The standard InChI is InChI=1S/C13H12N4O5S/c1-7-9(13(18)21-2)6-12(22-7)23(19,20)16-8-3-4-10-11(5-8)15-17-14-10/h3-6,16H,1-2H3,(H,14,15,17). The van der Waals surface area contributed by atoms with E-state index < -0.39 is 16.0 Å². The number of anilines is 1. The van der Waals surface area contributed by atoms with Gasteiger partial charge in [0.25, 0.3) is 10.0 Å². The molecule has 10 heteroatoms. The third-order valence-corrected chi connectivity index (χ3v) is 4.37. The number of hydrogen-bond donors (Lipinski definition) is 2. The first kappa shape index (κ1) is 15.0. The summed E-state index contributed by atoms with van der Waals surface area (Å²) in [5.74, 6) is -0.513. The number of rotatable bonds is 4. The maximum absolute atomic E-state index is 12.4. The first-order chi connectivity index (χ1) is 10.9. The summed E-state index contributed by atoms with van der Waals surface area (Å²) in [6, 6.07) is 5.80. The second kappa shape index (κ2) is 5.39. The van der Waals surface area contributed by atoms with Gasteiger partial charge in [-0.1, -0.05) is 0 Å². The van der Waals surface area contributed by atoms with Gasteiger partial charge in [-0.05, 0) is 25.1 Å². The second-order valence-electron chi connectivity index (χ2n) is 4.66. The number of aromatic amines is 1. The third-order valence-electron chi connectivity index (χ3n) is 3.13. The van der Waals surface area contributed by atoms with E-state index in [4.69, 9.17) is 4.42 Å². The Morgan fingerprint density at radius 2 is 2.00 bits per heavy atom. The fraction of sp³-hybridized carbons (Fsp3) is 0.154. The maximum Gasteiger partial charge on any atom is 0.341 e. The van der Waals surface area contributed by atoms with Crippen LogP contribution in [0.15, 0.2) is 33.8 Å². The summed E-state index contributed by atoms with van der Waals surface area (Å²) < 4.78 is 36.8. The topological polar surface area (TPSA) is 127 Å². The number of ether oxygens (including phenoxy) is 1. The number of carbonyl (C=O) groups is 1. The number of esters is 1. The van der Waals surface area contributed by atoms with Crippen LogP contribution in [0.2, 0.25) is 0 Å². The van der Waals surface area contributed by atoms with Gasteiger partial charge in [0, 0.05) is 6.07 Å². The van der Waals surface area contributed by atoms with E-state index in [2.05, 4.69) is 24.9 Å². The summed E-state index contributed by atoms with van der Waals surface area (Å²) in [5.41, 5.74) is 1.46. The normalized spacial score (nSPS) is 11.6. The van der Waals surface area contributed by atoms with Crippen LogP contribution in [0, 0.1) is 6.92 Å². The van der Waals surface area contributed by atoms with E-state index in [-0.39, 0.29) is 16.4 Å². The highest BCUT2D eigenvalue weighted by Crippen LogP contribution is 2.23. The van der Waals surface area contributed by atoms with Gasteiger partial charge in [-0.15, -0.1) is 0 Å². The third kappa shape index (κ3) is 2.75. The molecule has 0 atom stereocenters. The highest BCUT2D eigenvalue weighted by molar-refractivity contribution is 7.92. The molecule has 2 heterocycles. The molecule has 2 N–H and O–H groups in total. The van der Waals surface area contributed by atoms with Crippen molar-refractivity contribution in [3.8, 4) is 0 Å². The quantitative estimate of drug-likeness (QED) is 0.690. The van der Waals surface area contributed by atoms with E-state index in [1.165, 1.54) is 20.1 Å². The molecule has 0 unspecified atom stereocenters. The van der Waals surface area contributed by atoms with Crippen molar-refractivity contribution in [1.82, 2.24) is 15.4 Å². The van der Waals surface area contributed by atoms with Crippen LogP contribution in [0.1, 0.15) is 16.1 Å². The lowest BCUT2D eigenvalue weighted by atomic mass is 10.3. The number of carbonyl (C=O) groups excluding carboxylic acids is 1. The molecule has 0 aliphatic heterocycles. The van der Waals surface area contributed by atoms with Crippen molar-refractivity contribution in [2.24, 2.45) is 0 Å². The fourth-order valence-corrected chi connectivity index (χ4v) is 3.05. The predicted octanol–water partition coefficient (Wildman–Crippen LogP) is 1.45. The molecule has 0 bridgehead atoms. The first-order valence-corrected chi connectivity index (χ1v) is 7.91. The van der Waals surface area contributed by atoms with Gasteiger partial charge < -0.3 is 9.15 Å². The van der Waals surface area contributed by atoms with Crippen LogP contribution in [0.25, 0.3) is 11.0 Å². The first-order valence-electron chi connectivity index (χ1n) is 6.43. The molecule has 0 amide bonds. The Hall–Kier alpha value is -2.88. The smallest absolute Gasteiger partial charge is 0.341 e. The number of fused-ring (bicyclic) bond motifs is 1. The van der Waals surface area contributed by atoms with E-state index in [0.717, 1.165) is 6.07 Å². The summed E-state index contributed by atoms with van der Waals surface area (Å²) in [4.78, 5) is 11.5. The minimum Gasteiger partial charge on any atom is -0.465 e. The van der Waals surface area contributed by atoms with E-state index in [1.807, 2.05) is 0 Å². The van der Waals surface area contributed by atoms with E-state index in [1.54, 1.807) is 12.1 Å². The zero-order valence-corrected chi connectivity index (χ0v) is 13.0. The number of nitrogens with one attached hydrogen (secondary N) is 2. The number of benzene rings is 1. The Kier molecular flexibility index (Phi) is 3.52. The summed E-state index contributed by atoms with van der Waals surface area (Å²) >= 11 is 0. The van der Waals surface area contributed by atoms with Crippen molar-refractivity contribution in [2.75, 3.05) is 11.8 Å². The average Bonchev–Trinajstić information content (AvgIpc) is 3.12. The summed E-state index contributed by atoms with van der Waals surface area (Å²) in [7, 11) is -2.79. The summed E-state index contributed by atoms with van der Waals surface area (Å²) in [5, 5.41) is 9.82. The number of hydrogen-bond acceptors (Lipinski definition) is 7. The molecular weight excluding hydrogens is 324 g/mol. The van der Waals surface area contributed by atoms with Crippen molar-refractivity contribution in [1.29, 1.82) is 0 Å². The largest absolute Gasteiger partial charge is 0.465 e. The number of sulfonamides is 1. The number of furan rings is 1. The Balaban J connectivity index is 1.93. The fourth-order valence-electron chi connectivity index (χ4n) is 2.01. The molecule has 0 aliphatic carbocycles. The molecule has 0 aliphatic rings. The van der Waals surface area contributed by atoms with Gasteiger partial charge in [-0.25, -0.2) is 4.79 Å². The molecule has 3 rings (SSSR count). The average molecular weight is 336 g/mol. The molecule has 0 saturated heterocycles. The lowest BCUT2D eigenvalue weighted by molar-refractivity contribution is 0.0599. The molecule has 120 valence electrons. The van der Waals surface area contributed by atoms with Crippen LogP contribution in [-0.4, -0.2) is 36.9 Å². The lowest BCUT2D eigenvalue weighted by Crippen LogP contribution is -2.12. The Morgan fingerprint density at radius 3 is 2.74 bits per heavy atom. The van der Waals surface area contributed by atoms with Crippen LogP contribution in [0.3, 0.4) is 0 Å². The zero-order chi connectivity index (χ0) is 16.6. The monoisotopic (exact) mass is 336 g/mol. The number of nitrogens with zero attached hydrogens (tertiary/aromatic N) is 2. The molecule has 1 aromatic carbocycles. The van der Waals surface area contributed by atoms with E-state index in [0.29, 0.717) is 16.7 Å². The lowest BCUT2D eigenvalue weighted by Gasteiger charge is -2.04. The highest BCUT2D eigenvalue weighted by Gasteiger charge is 2.24. The molecular formula is C13H12N4O5S. The Morgan fingerprint density at radius 1 is 1.26 bits per heavy atom. The van der Waals surface area contributed by atoms with Crippen molar-refractivity contribution in [3.63, 3.8) is 0 Å². The number of aromatic nitrogens is 3. The number of H-pyrrole nitrogens is 1. The number of aryl methyl sites for hydroxylation is 1. The van der Waals surface area contributed by atoms with Gasteiger partial charge in [-0.2, -0.15) is 23.8 Å². The van der Waals surface area contributed by atoms with E-state index in [9.17, 15) is 13.2 Å². The van der Waals surface area contributed by atoms with E-state index >= 15 is 0 Å². The van der Waals surface area contributed by atoms with Gasteiger partial charge in [0.1, 0.15) is 22.4 Å². The van der Waals surface area contributed by atoms with Crippen LogP contribution < -0.4 is 4.72 Å². The van der Waals surface area contributed by atoms with Crippen molar-refractivity contribution >= 4 is 32.7 Å². The van der Waals surface area contributed by atoms with Gasteiger partial charge >= 0.3 is 5.97 Å². The minimum absolute atomic E-state index is 0.0554. The Bertz CT molecular complexity index is 989. The summed E-state index contributed by atoms with van der Waals surface area (Å²) in [6.45, 7) is 1.48. The van der Waals surface area contributed by atoms with Gasteiger partial charge in [-0.3, -0.25) is 4.72 Å². The number of methoxy groups -OCH3 is 1. The molecule has 3 aromatic rings. The molecule has 0 fully saturated rings. The highest BCUT2D eigenvalue weighted by atomic mass is 32.2. The van der Waals surface area contributed by atoms with Gasteiger partial charge in [0.05, 0.1) is 12.8 Å². The molecule has 0 saturated carbocycles. The molecule has 23 heavy (non-hydrogen) atoms. The maximum atomic E-state index is 12.4. The van der Waals surface area contributed by atoms with Gasteiger partial charge in [0.2, 0.25) is 5.09 Å². The molecule has 0 radical (unpaired) electrons. The molecule has 9 nitrogen and oxygen atoms in total.